The number of tetrazole rings is 1. The highest BCUT2D eigenvalue weighted by Gasteiger charge is 2.12. The maximum absolute atomic E-state index is 4.29. The molecule has 0 saturated carbocycles. The number of para-hydroxylation sites is 1. The zero-order valence-corrected chi connectivity index (χ0v) is 12.5. The highest BCUT2D eigenvalue weighted by atomic mass is 15.5. The topological polar surface area (TPSA) is 73.8 Å². The van der Waals surface area contributed by atoms with Gasteiger partial charge in [-0.15, -0.1) is 10.2 Å². The van der Waals surface area contributed by atoms with Crippen LogP contribution in [-0.2, 0) is 0 Å². The van der Waals surface area contributed by atoms with Crippen LogP contribution < -0.4 is 0 Å². The Labute approximate surface area is 136 Å². The number of hydrogen-bond acceptors (Lipinski definition) is 5. The lowest BCUT2D eigenvalue weighted by Crippen LogP contribution is -2.00. The van der Waals surface area contributed by atoms with Crippen molar-refractivity contribution in [1.82, 2.24) is 35.0 Å². The van der Waals surface area contributed by atoms with Crippen molar-refractivity contribution >= 4 is 16.6 Å². The van der Waals surface area contributed by atoms with Crippen LogP contribution in [-0.4, -0.2) is 35.0 Å². The summed E-state index contributed by atoms with van der Waals surface area (Å²) in [5.74, 6) is 0. The Bertz CT molecular complexity index is 1160. The van der Waals surface area contributed by atoms with Crippen LogP contribution in [0.1, 0.15) is 0 Å². The third kappa shape index (κ3) is 1.88. The van der Waals surface area contributed by atoms with Crippen molar-refractivity contribution in [2.45, 2.75) is 0 Å². The molecule has 0 atom stereocenters. The van der Waals surface area contributed by atoms with Gasteiger partial charge in [0.1, 0.15) is 5.69 Å². The van der Waals surface area contributed by atoms with E-state index in [1.54, 1.807) is 9.20 Å². The number of nitrogens with zero attached hydrogens (tertiary/aromatic N) is 7. The van der Waals surface area contributed by atoms with Crippen LogP contribution in [0.4, 0.5) is 0 Å². The molecular formula is C17H11N7. The molecule has 7 nitrogen and oxygen atoms in total. The first kappa shape index (κ1) is 12.9. The van der Waals surface area contributed by atoms with E-state index in [1.807, 2.05) is 66.9 Å². The summed E-state index contributed by atoms with van der Waals surface area (Å²) < 4.78 is 3.48. The number of fused-ring (bicyclic) bond motifs is 3. The third-order valence-electron chi connectivity index (χ3n) is 3.98. The van der Waals surface area contributed by atoms with E-state index in [4.69, 9.17) is 0 Å². The van der Waals surface area contributed by atoms with Gasteiger partial charge < -0.3 is 0 Å². The van der Waals surface area contributed by atoms with Gasteiger partial charge in [0.15, 0.2) is 5.65 Å². The minimum absolute atomic E-state index is 0.667. The number of benzene rings is 2. The molecule has 2 aromatic carbocycles. The van der Waals surface area contributed by atoms with Crippen LogP contribution in [0.3, 0.4) is 0 Å². The van der Waals surface area contributed by atoms with E-state index in [0.717, 1.165) is 27.8 Å². The van der Waals surface area contributed by atoms with Crippen LogP contribution in [0.15, 0.2) is 66.9 Å². The molecule has 3 aromatic heterocycles. The van der Waals surface area contributed by atoms with E-state index in [2.05, 4.69) is 25.8 Å². The molecule has 0 saturated heterocycles. The van der Waals surface area contributed by atoms with Crippen molar-refractivity contribution in [1.29, 1.82) is 0 Å². The molecule has 7 heteroatoms. The lowest BCUT2D eigenvalue weighted by Gasteiger charge is -2.06. The van der Waals surface area contributed by atoms with E-state index >= 15 is 0 Å². The predicted octanol–water partition coefficient (Wildman–Crippen LogP) is 2.53. The quantitative estimate of drug-likeness (QED) is 0.500. The van der Waals surface area contributed by atoms with E-state index in [9.17, 15) is 0 Å². The van der Waals surface area contributed by atoms with Gasteiger partial charge in [-0.2, -0.15) is 4.52 Å². The summed E-state index contributed by atoms with van der Waals surface area (Å²) in [5.41, 5.74) is 4.33. The second-order valence-corrected chi connectivity index (χ2v) is 5.41. The second kappa shape index (κ2) is 4.95. The van der Waals surface area contributed by atoms with Crippen molar-refractivity contribution in [3.8, 4) is 16.9 Å². The number of rotatable bonds is 2. The van der Waals surface area contributed by atoms with Gasteiger partial charge in [0, 0.05) is 17.0 Å². The maximum atomic E-state index is 4.29. The molecule has 24 heavy (non-hydrogen) atoms. The molecule has 0 radical (unpaired) electrons. The minimum atomic E-state index is 0.667. The standard InChI is InChI=1S/C17H11N7/c1-2-6-12(7-3-1)14-11-23(21-18-14)16-10-17-19-20-22-24(17)15-9-5-4-8-13(15)16/h1-11H. The summed E-state index contributed by atoms with van der Waals surface area (Å²) >= 11 is 0. The predicted molar refractivity (Wildman–Crippen MR) is 88.6 cm³/mol. The zero-order chi connectivity index (χ0) is 15.9. The molecular weight excluding hydrogens is 302 g/mol. The summed E-state index contributed by atoms with van der Waals surface area (Å²) in [6.45, 7) is 0. The minimum Gasteiger partial charge on any atom is -0.219 e. The SMILES string of the molecule is c1ccc(-c2cn(-c3cc4nnnn4c4ccccc34)nn2)cc1. The van der Waals surface area contributed by atoms with Gasteiger partial charge in [-0.25, -0.2) is 4.68 Å². The summed E-state index contributed by atoms with van der Waals surface area (Å²) in [6, 6.07) is 19.8. The number of pyridine rings is 1. The second-order valence-electron chi connectivity index (χ2n) is 5.41. The largest absolute Gasteiger partial charge is 0.219 e. The lowest BCUT2D eigenvalue weighted by molar-refractivity contribution is 0.806. The Balaban J connectivity index is 1.75. The van der Waals surface area contributed by atoms with Crippen LogP contribution in [0, 0.1) is 0 Å². The summed E-state index contributed by atoms with van der Waals surface area (Å²) in [4.78, 5) is 0. The Morgan fingerprint density at radius 2 is 1.62 bits per heavy atom. The first-order valence-corrected chi connectivity index (χ1v) is 7.48. The van der Waals surface area contributed by atoms with Crippen LogP contribution >= 0.6 is 0 Å². The Kier molecular flexibility index (Phi) is 2.66. The van der Waals surface area contributed by atoms with Gasteiger partial charge >= 0.3 is 0 Å². The fourth-order valence-corrected chi connectivity index (χ4v) is 2.84. The molecule has 0 aliphatic carbocycles. The van der Waals surface area contributed by atoms with Gasteiger partial charge in [-0.05, 0) is 16.5 Å². The van der Waals surface area contributed by atoms with E-state index in [-0.39, 0.29) is 0 Å². The van der Waals surface area contributed by atoms with E-state index in [0.29, 0.717) is 5.65 Å². The van der Waals surface area contributed by atoms with Crippen molar-refractivity contribution in [3.05, 3.63) is 66.9 Å². The number of hydrogen-bond donors (Lipinski definition) is 0. The van der Waals surface area contributed by atoms with Crippen molar-refractivity contribution < 1.29 is 0 Å². The van der Waals surface area contributed by atoms with Gasteiger partial charge in [0.05, 0.1) is 17.4 Å². The maximum Gasteiger partial charge on any atom is 0.182 e. The monoisotopic (exact) mass is 313 g/mol. The molecule has 0 spiro atoms. The highest BCUT2D eigenvalue weighted by molar-refractivity contribution is 5.89. The molecule has 0 aliphatic heterocycles. The van der Waals surface area contributed by atoms with Gasteiger partial charge in [0.25, 0.3) is 0 Å². The zero-order valence-electron chi connectivity index (χ0n) is 12.5. The van der Waals surface area contributed by atoms with Crippen LogP contribution in [0.25, 0.3) is 33.5 Å². The highest BCUT2D eigenvalue weighted by Crippen LogP contribution is 2.24. The van der Waals surface area contributed by atoms with Crippen molar-refractivity contribution in [3.63, 3.8) is 0 Å². The van der Waals surface area contributed by atoms with E-state index < -0.39 is 0 Å². The third-order valence-corrected chi connectivity index (χ3v) is 3.98. The Morgan fingerprint density at radius 1 is 0.792 bits per heavy atom. The van der Waals surface area contributed by atoms with E-state index in [1.165, 1.54) is 0 Å². The molecule has 114 valence electrons. The molecule has 3 heterocycles. The van der Waals surface area contributed by atoms with Gasteiger partial charge in [-0.3, -0.25) is 0 Å². The first-order chi connectivity index (χ1) is 11.9. The molecule has 0 N–H and O–H groups in total. The van der Waals surface area contributed by atoms with Crippen molar-refractivity contribution in [2.75, 3.05) is 0 Å². The molecule has 0 unspecified atom stereocenters. The fraction of sp³-hybridized carbons (Fsp3) is 0. The van der Waals surface area contributed by atoms with Crippen molar-refractivity contribution in [2.24, 2.45) is 0 Å². The fourth-order valence-electron chi connectivity index (χ4n) is 2.84. The molecule has 5 rings (SSSR count). The smallest absolute Gasteiger partial charge is 0.182 e. The normalized spacial score (nSPS) is 11.3. The molecule has 0 aliphatic rings. The first-order valence-electron chi connectivity index (χ1n) is 7.48. The molecule has 5 aromatic rings. The Morgan fingerprint density at radius 3 is 2.54 bits per heavy atom. The molecule has 0 amide bonds. The van der Waals surface area contributed by atoms with Gasteiger partial charge in [0.2, 0.25) is 0 Å². The Hall–Kier alpha value is -3.61. The summed E-state index contributed by atoms with van der Waals surface area (Å²) in [5, 5.41) is 21.4. The number of aromatic nitrogens is 7. The average molecular weight is 313 g/mol. The summed E-state index contributed by atoms with van der Waals surface area (Å²) in [6.07, 6.45) is 1.91. The van der Waals surface area contributed by atoms with Crippen LogP contribution in [0.5, 0.6) is 0 Å². The molecule has 0 bridgehead atoms. The molecule has 0 fully saturated rings. The lowest BCUT2D eigenvalue weighted by atomic mass is 10.1. The summed E-state index contributed by atoms with van der Waals surface area (Å²) in [7, 11) is 0. The van der Waals surface area contributed by atoms with Gasteiger partial charge in [-0.1, -0.05) is 53.7 Å². The van der Waals surface area contributed by atoms with Crippen LogP contribution in [0.2, 0.25) is 0 Å². The average Bonchev–Trinajstić information content (AvgIpc) is 3.31.